The van der Waals surface area contributed by atoms with Crippen LogP contribution >= 0.6 is 11.3 Å². The maximum absolute atomic E-state index is 11.8. The molecule has 0 aliphatic carbocycles. The van der Waals surface area contributed by atoms with Gasteiger partial charge in [-0.1, -0.05) is 0 Å². The minimum atomic E-state index is -1.88. The van der Waals surface area contributed by atoms with E-state index in [0.717, 1.165) is 15.2 Å². The second-order valence-electron chi connectivity index (χ2n) is 3.70. The number of rotatable bonds is 4. The molecule has 2 N–H and O–H groups in total. The molecule has 2 rings (SSSR count). The van der Waals surface area contributed by atoms with E-state index in [1.807, 2.05) is 6.92 Å². The van der Waals surface area contributed by atoms with Crippen molar-refractivity contribution in [2.45, 2.75) is 6.92 Å². The number of fused-ring (bicyclic) bond motifs is 1. The number of carbonyl (C=O) groups excluding carboxylic acids is 1. The molecule has 0 spiro atoms. The zero-order valence-corrected chi connectivity index (χ0v) is 11.3. The second-order valence-corrected chi connectivity index (χ2v) is 5.98. The highest BCUT2D eigenvalue weighted by atomic mass is 32.2. The number of nitrogens with zero attached hydrogens (tertiary/aromatic N) is 1. The van der Waals surface area contributed by atoms with Crippen LogP contribution in [-0.4, -0.2) is 32.0 Å². The molecule has 0 saturated carbocycles. The molecule has 7 heteroatoms. The Balaban J connectivity index is 2.10. The molecule has 1 unspecified atom stereocenters. The summed E-state index contributed by atoms with van der Waals surface area (Å²) < 4.78 is 20.0. The minimum Gasteiger partial charge on any atom is -0.351 e. The number of aryl methyl sites for hydroxylation is 1. The largest absolute Gasteiger partial charge is 0.351 e. The van der Waals surface area contributed by atoms with Crippen LogP contribution in [0.5, 0.6) is 0 Å². The van der Waals surface area contributed by atoms with Gasteiger partial charge in [0.2, 0.25) is 0 Å². The Morgan fingerprint density at radius 3 is 3.06 bits per heavy atom. The zero-order chi connectivity index (χ0) is 13.1. The topological polar surface area (TPSA) is 79.3 Å². The summed E-state index contributed by atoms with van der Waals surface area (Å²) >= 11 is -0.347. The fourth-order valence-electron chi connectivity index (χ4n) is 1.53. The van der Waals surface area contributed by atoms with Gasteiger partial charge in [-0.3, -0.25) is 4.79 Å². The molecule has 96 valence electrons. The Morgan fingerprint density at radius 1 is 1.56 bits per heavy atom. The Labute approximate surface area is 111 Å². The van der Waals surface area contributed by atoms with Crippen LogP contribution in [0.25, 0.3) is 10.2 Å². The summed E-state index contributed by atoms with van der Waals surface area (Å²) in [5.74, 6) is -0.207. The number of thiazole rings is 1. The second kappa shape index (κ2) is 5.55. The van der Waals surface area contributed by atoms with Gasteiger partial charge < -0.3 is 9.87 Å². The van der Waals surface area contributed by atoms with Crippen molar-refractivity contribution < 1.29 is 13.6 Å². The van der Waals surface area contributed by atoms with Crippen LogP contribution < -0.4 is 5.32 Å². The van der Waals surface area contributed by atoms with E-state index in [1.54, 1.807) is 18.2 Å². The molecule has 1 heterocycles. The lowest BCUT2D eigenvalue weighted by atomic mass is 10.2. The van der Waals surface area contributed by atoms with Gasteiger partial charge in [0, 0.05) is 12.1 Å². The first-order valence-electron chi connectivity index (χ1n) is 5.29. The van der Waals surface area contributed by atoms with Crippen LogP contribution in [0.3, 0.4) is 0 Å². The summed E-state index contributed by atoms with van der Waals surface area (Å²) in [5, 5.41) is 3.55. The Bertz CT molecular complexity index is 609. The average Bonchev–Trinajstić information content (AvgIpc) is 2.67. The highest BCUT2D eigenvalue weighted by Crippen LogP contribution is 2.22. The van der Waals surface area contributed by atoms with Crippen LogP contribution in [0, 0.1) is 6.92 Å². The van der Waals surface area contributed by atoms with Gasteiger partial charge in [0.05, 0.1) is 21.0 Å². The third kappa shape index (κ3) is 3.12. The van der Waals surface area contributed by atoms with E-state index in [1.165, 1.54) is 11.3 Å². The van der Waals surface area contributed by atoms with E-state index < -0.39 is 11.1 Å². The molecule has 0 bridgehead atoms. The van der Waals surface area contributed by atoms with E-state index in [2.05, 4.69) is 10.3 Å². The first kappa shape index (κ1) is 13.1. The van der Waals surface area contributed by atoms with Gasteiger partial charge in [0.1, 0.15) is 0 Å². The van der Waals surface area contributed by atoms with Gasteiger partial charge in [0.25, 0.3) is 5.91 Å². The molecule has 0 radical (unpaired) electrons. The lowest BCUT2D eigenvalue weighted by Crippen LogP contribution is -2.27. The van der Waals surface area contributed by atoms with Gasteiger partial charge in [-0.25, -0.2) is 9.19 Å². The van der Waals surface area contributed by atoms with E-state index in [0.29, 0.717) is 5.56 Å². The van der Waals surface area contributed by atoms with Gasteiger partial charge >= 0.3 is 0 Å². The molecule has 18 heavy (non-hydrogen) atoms. The Kier molecular flexibility index (Phi) is 4.05. The normalized spacial score (nSPS) is 12.6. The van der Waals surface area contributed by atoms with Crippen molar-refractivity contribution in [2.75, 3.05) is 12.3 Å². The summed E-state index contributed by atoms with van der Waals surface area (Å²) in [7, 11) is 0. The lowest BCUT2D eigenvalue weighted by Gasteiger charge is -2.03. The summed E-state index contributed by atoms with van der Waals surface area (Å²) in [6.45, 7) is 2.10. The maximum atomic E-state index is 11.8. The van der Waals surface area contributed by atoms with Gasteiger partial charge in [-0.05, 0) is 25.1 Å². The first-order valence-corrected chi connectivity index (χ1v) is 7.38. The number of benzene rings is 1. The predicted octanol–water partition coefficient (Wildman–Crippen LogP) is 1.56. The van der Waals surface area contributed by atoms with Crippen LogP contribution in [0.15, 0.2) is 18.2 Å². The van der Waals surface area contributed by atoms with Crippen LogP contribution in [0.1, 0.15) is 15.4 Å². The molecule has 1 aromatic carbocycles. The molecule has 0 aliphatic heterocycles. The number of hydrogen-bond donors (Lipinski definition) is 2. The molecular weight excluding hydrogens is 272 g/mol. The summed E-state index contributed by atoms with van der Waals surface area (Å²) in [6.07, 6.45) is 0. The standard InChI is InChI=1S/C11H12N2O3S2/c1-7-13-9-3-2-8(6-10(9)17-7)11(14)12-4-5-18(15)16/h2-3,6H,4-5H2,1H3,(H,12,14)(H,15,16). The number of aromatic nitrogens is 1. The molecular formula is C11H12N2O3S2. The minimum absolute atomic E-state index is 0.0354. The maximum Gasteiger partial charge on any atom is 0.251 e. The quantitative estimate of drug-likeness (QED) is 0.835. The summed E-state index contributed by atoms with van der Waals surface area (Å²) in [4.78, 5) is 16.1. The summed E-state index contributed by atoms with van der Waals surface area (Å²) in [5.41, 5.74) is 1.42. The monoisotopic (exact) mass is 284 g/mol. The zero-order valence-electron chi connectivity index (χ0n) is 9.67. The highest BCUT2D eigenvalue weighted by molar-refractivity contribution is 7.79. The van der Waals surface area contributed by atoms with E-state index in [-0.39, 0.29) is 18.2 Å². The van der Waals surface area contributed by atoms with Crippen molar-refractivity contribution in [3.8, 4) is 0 Å². The number of amides is 1. The molecule has 0 fully saturated rings. The van der Waals surface area contributed by atoms with Crippen molar-refractivity contribution in [3.63, 3.8) is 0 Å². The van der Waals surface area contributed by atoms with Gasteiger partial charge in [0.15, 0.2) is 11.1 Å². The van der Waals surface area contributed by atoms with Crippen molar-refractivity contribution in [1.82, 2.24) is 10.3 Å². The smallest absolute Gasteiger partial charge is 0.251 e. The van der Waals surface area contributed by atoms with Crippen molar-refractivity contribution in [3.05, 3.63) is 28.8 Å². The number of hydrogen-bond acceptors (Lipinski definition) is 4. The lowest BCUT2D eigenvalue weighted by molar-refractivity contribution is 0.0956. The van der Waals surface area contributed by atoms with Crippen molar-refractivity contribution >= 4 is 38.5 Å². The first-order chi connectivity index (χ1) is 8.56. The van der Waals surface area contributed by atoms with Crippen LogP contribution in [-0.2, 0) is 11.1 Å². The summed E-state index contributed by atoms with van der Waals surface area (Å²) in [6, 6.07) is 5.29. The van der Waals surface area contributed by atoms with Gasteiger partial charge in [-0.2, -0.15) is 0 Å². The molecule has 1 aromatic heterocycles. The molecule has 0 aliphatic rings. The number of nitrogens with one attached hydrogen (secondary N) is 1. The molecule has 1 atom stereocenters. The fourth-order valence-corrected chi connectivity index (χ4v) is 2.68. The molecule has 1 amide bonds. The Hall–Kier alpha value is -1.31. The third-order valence-electron chi connectivity index (χ3n) is 2.32. The SMILES string of the molecule is Cc1nc2ccc(C(=O)NCCS(=O)O)cc2s1. The molecule has 0 saturated heterocycles. The fraction of sp³-hybridized carbons (Fsp3) is 0.273. The highest BCUT2D eigenvalue weighted by Gasteiger charge is 2.08. The van der Waals surface area contributed by atoms with Crippen molar-refractivity contribution in [2.24, 2.45) is 0 Å². The van der Waals surface area contributed by atoms with E-state index >= 15 is 0 Å². The van der Waals surface area contributed by atoms with Crippen LogP contribution in [0.2, 0.25) is 0 Å². The molecule has 2 aromatic rings. The van der Waals surface area contributed by atoms with E-state index in [9.17, 15) is 9.00 Å². The number of carbonyl (C=O) groups is 1. The van der Waals surface area contributed by atoms with Crippen molar-refractivity contribution in [1.29, 1.82) is 0 Å². The average molecular weight is 284 g/mol. The van der Waals surface area contributed by atoms with E-state index in [4.69, 9.17) is 4.55 Å². The molecule has 5 nitrogen and oxygen atoms in total. The third-order valence-corrected chi connectivity index (χ3v) is 3.81. The van der Waals surface area contributed by atoms with Crippen LogP contribution in [0.4, 0.5) is 0 Å². The Morgan fingerprint density at radius 2 is 2.33 bits per heavy atom. The van der Waals surface area contributed by atoms with Gasteiger partial charge in [-0.15, -0.1) is 11.3 Å². The predicted molar refractivity (Wildman–Crippen MR) is 72.3 cm³/mol.